The Hall–Kier alpha value is -3.38. The fourth-order valence-electron chi connectivity index (χ4n) is 3.72. The number of ketones is 1. The van der Waals surface area contributed by atoms with Crippen LogP contribution in [0.25, 0.3) is 0 Å². The van der Waals surface area contributed by atoms with Crippen molar-refractivity contribution in [2.24, 2.45) is 0 Å². The van der Waals surface area contributed by atoms with Crippen molar-refractivity contribution in [2.75, 3.05) is 11.5 Å². The van der Waals surface area contributed by atoms with Gasteiger partial charge in [-0.1, -0.05) is 36.4 Å². The van der Waals surface area contributed by atoms with Gasteiger partial charge >= 0.3 is 0 Å². The lowest BCUT2D eigenvalue weighted by Gasteiger charge is -2.28. The van der Waals surface area contributed by atoms with Crippen molar-refractivity contribution < 1.29 is 19.4 Å². The highest BCUT2D eigenvalue weighted by Crippen LogP contribution is 2.43. The number of benzene rings is 2. The number of thiophene rings is 1. The molecule has 6 heteroatoms. The second kappa shape index (κ2) is 8.16. The van der Waals surface area contributed by atoms with E-state index in [0.717, 1.165) is 11.1 Å². The molecule has 2 heterocycles. The van der Waals surface area contributed by atoms with Crippen LogP contribution in [0.1, 0.15) is 33.8 Å². The Balaban J connectivity index is 1.88. The number of Topliss-reactive ketones (excluding diaryl/α,β-unsaturated/α-hetero) is 1. The number of nitrogens with zero attached hydrogens (tertiary/aromatic N) is 1. The van der Waals surface area contributed by atoms with E-state index in [2.05, 4.69) is 0 Å². The van der Waals surface area contributed by atoms with Gasteiger partial charge in [-0.3, -0.25) is 14.5 Å². The zero-order valence-electron chi connectivity index (χ0n) is 16.7. The third kappa shape index (κ3) is 3.39. The number of amides is 1. The first kappa shape index (κ1) is 19.9. The molecule has 0 saturated carbocycles. The summed E-state index contributed by atoms with van der Waals surface area (Å²) < 4.78 is 5.59. The van der Waals surface area contributed by atoms with Gasteiger partial charge in [0.15, 0.2) is 5.76 Å². The summed E-state index contributed by atoms with van der Waals surface area (Å²) in [5.74, 6) is -0.836. The maximum absolute atomic E-state index is 13.3. The maximum Gasteiger partial charge on any atom is 0.294 e. The highest BCUT2D eigenvalue weighted by Gasteiger charge is 2.45. The minimum absolute atomic E-state index is 0.0959. The normalized spacial score (nSPS) is 16.3. The molecule has 30 heavy (non-hydrogen) atoms. The summed E-state index contributed by atoms with van der Waals surface area (Å²) in [6.45, 7) is 4.30. The molecule has 0 bridgehead atoms. The van der Waals surface area contributed by atoms with Crippen molar-refractivity contribution in [2.45, 2.75) is 19.9 Å². The second-order valence-electron chi connectivity index (χ2n) is 6.93. The first-order valence-corrected chi connectivity index (χ1v) is 10.5. The van der Waals surface area contributed by atoms with E-state index >= 15 is 0 Å². The highest BCUT2D eigenvalue weighted by molar-refractivity contribution is 7.12. The minimum atomic E-state index is -0.731. The molecule has 1 amide bonds. The summed E-state index contributed by atoms with van der Waals surface area (Å²) in [4.78, 5) is 28.4. The molecule has 0 fully saturated rings. The van der Waals surface area contributed by atoms with Crippen LogP contribution in [0.4, 0.5) is 5.69 Å². The Labute approximate surface area is 178 Å². The molecule has 1 aliphatic heterocycles. The van der Waals surface area contributed by atoms with Gasteiger partial charge in [0, 0.05) is 11.8 Å². The average Bonchev–Trinajstić information content (AvgIpc) is 3.36. The maximum atomic E-state index is 13.3. The molecule has 0 radical (unpaired) electrons. The van der Waals surface area contributed by atoms with Crippen molar-refractivity contribution in [1.82, 2.24) is 0 Å². The van der Waals surface area contributed by atoms with E-state index in [1.165, 1.54) is 16.2 Å². The van der Waals surface area contributed by atoms with Crippen molar-refractivity contribution in [3.05, 3.63) is 93.4 Å². The molecule has 1 atom stereocenters. The molecular weight excluding hydrogens is 398 g/mol. The van der Waals surface area contributed by atoms with Crippen LogP contribution >= 0.6 is 11.3 Å². The van der Waals surface area contributed by atoms with Crippen LogP contribution in [0.15, 0.2) is 77.4 Å². The van der Waals surface area contributed by atoms with Crippen molar-refractivity contribution in [1.29, 1.82) is 0 Å². The van der Waals surface area contributed by atoms with Gasteiger partial charge in [-0.05, 0) is 48.6 Å². The lowest BCUT2D eigenvalue weighted by atomic mass is 9.92. The standard InChI is InChI=1S/C24H21NO4S/c1-3-29-17-10-6-9-16(14-17)25-21(18-11-5-4-8-15(18)2)20(23(27)24(25)28)22(26)19-12-7-13-30-19/h4-14,21,27H,3H2,1-2H3. The zero-order chi connectivity index (χ0) is 21.3. The molecule has 1 unspecified atom stereocenters. The van der Waals surface area contributed by atoms with Crippen molar-refractivity contribution >= 4 is 28.7 Å². The van der Waals surface area contributed by atoms with Crippen LogP contribution in [-0.2, 0) is 4.79 Å². The molecule has 1 N–H and O–H groups in total. The van der Waals surface area contributed by atoms with Crippen LogP contribution in [0.2, 0.25) is 0 Å². The van der Waals surface area contributed by atoms with E-state index in [0.29, 0.717) is 22.9 Å². The van der Waals surface area contributed by atoms with Gasteiger partial charge in [0.25, 0.3) is 5.91 Å². The van der Waals surface area contributed by atoms with Crippen molar-refractivity contribution in [3.8, 4) is 5.75 Å². The number of ether oxygens (including phenoxy) is 1. The molecule has 5 nitrogen and oxygen atoms in total. The number of aryl methyl sites for hydroxylation is 1. The SMILES string of the molecule is CCOc1cccc(N2C(=O)C(O)=C(C(=O)c3cccs3)C2c2ccccc2C)c1. The van der Waals surface area contributed by atoms with Gasteiger partial charge in [0.2, 0.25) is 5.78 Å². The Morgan fingerprint density at radius 3 is 2.63 bits per heavy atom. The lowest BCUT2D eigenvalue weighted by Crippen LogP contribution is -2.31. The summed E-state index contributed by atoms with van der Waals surface area (Å²) in [6.07, 6.45) is 0. The summed E-state index contributed by atoms with van der Waals surface area (Å²) in [6, 6.07) is 17.4. The van der Waals surface area contributed by atoms with E-state index in [-0.39, 0.29) is 11.4 Å². The number of carbonyl (C=O) groups excluding carboxylic acids is 2. The molecule has 152 valence electrons. The first-order chi connectivity index (χ1) is 14.5. The monoisotopic (exact) mass is 419 g/mol. The van der Waals surface area contributed by atoms with Crippen LogP contribution in [0.3, 0.4) is 0 Å². The van der Waals surface area contributed by atoms with Crippen LogP contribution in [0, 0.1) is 6.92 Å². The number of aliphatic hydroxyl groups excluding tert-OH is 1. The summed E-state index contributed by atoms with van der Waals surface area (Å²) in [5, 5.41) is 12.6. The quantitative estimate of drug-likeness (QED) is 0.555. The van der Waals surface area contributed by atoms with E-state index in [4.69, 9.17) is 4.74 Å². The molecule has 0 spiro atoms. The fraction of sp³-hybridized carbons (Fsp3) is 0.167. The highest BCUT2D eigenvalue weighted by atomic mass is 32.1. The number of aliphatic hydroxyl groups is 1. The first-order valence-electron chi connectivity index (χ1n) is 9.66. The predicted octanol–water partition coefficient (Wildman–Crippen LogP) is 5.24. The third-order valence-corrected chi connectivity index (χ3v) is 5.96. The molecule has 3 aromatic rings. The lowest BCUT2D eigenvalue weighted by molar-refractivity contribution is -0.117. The smallest absolute Gasteiger partial charge is 0.294 e. The van der Waals surface area contributed by atoms with Crippen LogP contribution in [0.5, 0.6) is 5.75 Å². The number of anilines is 1. The van der Waals surface area contributed by atoms with Gasteiger partial charge in [-0.15, -0.1) is 11.3 Å². The van der Waals surface area contributed by atoms with Gasteiger partial charge in [0.05, 0.1) is 23.1 Å². The predicted molar refractivity (Wildman–Crippen MR) is 117 cm³/mol. The minimum Gasteiger partial charge on any atom is -0.503 e. The van der Waals surface area contributed by atoms with Gasteiger partial charge in [-0.2, -0.15) is 0 Å². The molecular formula is C24H21NO4S. The van der Waals surface area contributed by atoms with Gasteiger partial charge < -0.3 is 9.84 Å². The molecule has 1 aliphatic rings. The number of hydrogen-bond acceptors (Lipinski definition) is 5. The number of carbonyl (C=O) groups is 2. The van der Waals surface area contributed by atoms with Crippen molar-refractivity contribution in [3.63, 3.8) is 0 Å². The van der Waals surface area contributed by atoms with Gasteiger partial charge in [-0.25, -0.2) is 0 Å². The van der Waals surface area contributed by atoms with Crippen LogP contribution in [-0.4, -0.2) is 23.4 Å². The average molecular weight is 420 g/mol. The second-order valence-corrected chi connectivity index (χ2v) is 7.88. The van der Waals surface area contributed by atoms with Crippen LogP contribution < -0.4 is 9.64 Å². The Kier molecular flexibility index (Phi) is 5.42. The molecule has 2 aromatic carbocycles. The Morgan fingerprint density at radius 1 is 1.13 bits per heavy atom. The molecule has 0 aliphatic carbocycles. The van der Waals surface area contributed by atoms with E-state index in [1.54, 1.807) is 41.8 Å². The summed E-state index contributed by atoms with van der Waals surface area (Å²) >= 11 is 1.28. The Bertz CT molecular complexity index is 1130. The third-order valence-electron chi connectivity index (χ3n) is 5.09. The molecule has 0 saturated heterocycles. The largest absolute Gasteiger partial charge is 0.503 e. The summed E-state index contributed by atoms with van der Waals surface area (Å²) in [5.41, 5.74) is 2.36. The molecule has 1 aromatic heterocycles. The summed E-state index contributed by atoms with van der Waals surface area (Å²) in [7, 11) is 0. The van der Waals surface area contributed by atoms with E-state index in [9.17, 15) is 14.7 Å². The number of hydrogen-bond donors (Lipinski definition) is 1. The molecule has 4 rings (SSSR count). The van der Waals surface area contributed by atoms with E-state index in [1.807, 2.05) is 38.1 Å². The number of rotatable bonds is 6. The van der Waals surface area contributed by atoms with Gasteiger partial charge in [0.1, 0.15) is 5.75 Å². The zero-order valence-corrected chi connectivity index (χ0v) is 17.5. The Morgan fingerprint density at radius 2 is 1.93 bits per heavy atom. The topological polar surface area (TPSA) is 66.8 Å². The van der Waals surface area contributed by atoms with E-state index < -0.39 is 17.7 Å². The fourth-order valence-corrected chi connectivity index (χ4v) is 4.40.